The van der Waals surface area contributed by atoms with Gasteiger partial charge in [0.25, 0.3) is 0 Å². The van der Waals surface area contributed by atoms with Gasteiger partial charge in [0.1, 0.15) is 17.9 Å². The number of hydrogen-bond donors (Lipinski definition) is 3. The maximum absolute atomic E-state index is 12.2. The number of hydrogen-bond acceptors (Lipinski definition) is 8. The second-order valence-corrected chi connectivity index (χ2v) is 11.2. The van der Waals surface area contributed by atoms with Crippen LogP contribution in [0.3, 0.4) is 0 Å². The van der Waals surface area contributed by atoms with Gasteiger partial charge < -0.3 is 39.8 Å². The van der Waals surface area contributed by atoms with Crippen LogP contribution in [0.1, 0.15) is 60.8 Å². The molecule has 0 radical (unpaired) electrons. The fraction of sp³-hybridized carbons (Fsp3) is 0.677. The summed E-state index contributed by atoms with van der Waals surface area (Å²) in [6, 6.07) is 3.93. The number of carboxylic acids is 1. The van der Waals surface area contributed by atoms with Crippen LogP contribution >= 0.6 is 0 Å². The zero-order valence-electron chi connectivity index (χ0n) is 24.9. The van der Waals surface area contributed by atoms with E-state index >= 15 is 0 Å². The van der Waals surface area contributed by atoms with Crippen LogP contribution in [-0.4, -0.2) is 98.5 Å². The molecule has 1 aromatic carbocycles. The van der Waals surface area contributed by atoms with Gasteiger partial charge in [-0.1, -0.05) is 17.7 Å². The van der Waals surface area contributed by atoms with Crippen LogP contribution in [0.4, 0.5) is 0 Å². The number of likely N-dealkylation sites (tertiary alicyclic amines) is 1. The Kier molecular flexibility index (Phi) is 13.5. The molecule has 230 valence electrons. The molecule has 1 aliphatic heterocycles. The fourth-order valence-electron chi connectivity index (χ4n) is 5.94. The third-order valence-corrected chi connectivity index (χ3v) is 7.92. The summed E-state index contributed by atoms with van der Waals surface area (Å²) in [5.41, 5.74) is 8.49. The molecule has 0 bridgehead atoms. The molecule has 2 aliphatic rings. The Morgan fingerprint density at radius 3 is 1.93 bits per heavy atom. The third-order valence-electron chi connectivity index (χ3n) is 7.92. The second-order valence-electron chi connectivity index (χ2n) is 11.2. The topological polar surface area (TPSA) is 141 Å². The number of allylic oxidation sites excluding steroid dienone is 1. The number of aliphatic hydroxyl groups is 1. The van der Waals surface area contributed by atoms with E-state index in [1.165, 1.54) is 0 Å². The van der Waals surface area contributed by atoms with E-state index in [4.69, 9.17) is 24.7 Å². The number of aliphatic hydroxyl groups excluding tert-OH is 1. The van der Waals surface area contributed by atoms with Gasteiger partial charge in [0.15, 0.2) is 0 Å². The molecule has 4 N–H and O–H groups in total. The molecule has 1 saturated heterocycles. The number of benzene rings is 1. The van der Waals surface area contributed by atoms with Crippen molar-refractivity contribution in [2.75, 3.05) is 59.3 Å². The average molecular weight is 577 g/mol. The maximum atomic E-state index is 12.2. The van der Waals surface area contributed by atoms with Crippen molar-refractivity contribution in [2.24, 2.45) is 11.7 Å². The number of aliphatic carboxylic acids is 1. The standard InChI is InChI=1S/C31H48N2O8/c1-21-18-22(2)28(23(3)19-21)29(31(36)37)30(35)24-4-6-25(7-5-24)41-26-8-10-33(11-9-26)12-13-38-14-15-39-16-17-40-20-27(32)34/h18-19,24-26,35H,4-17,20H2,1-3H3,(H2,32,34)(H,36,37)/b30-29+. The molecule has 1 aromatic rings. The highest BCUT2D eigenvalue weighted by Crippen LogP contribution is 2.36. The van der Waals surface area contributed by atoms with Gasteiger partial charge in [0.2, 0.25) is 5.91 Å². The Hall–Kier alpha value is -2.50. The highest BCUT2D eigenvalue weighted by atomic mass is 16.5. The quantitative estimate of drug-likeness (QED) is 0.153. The number of primary amides is 1. The number of carbonyl (C=O) groups is 2. The zero-order chi connectivity index (χ0) is 29.8. The van der Waals surface area contributed by atoms with Crippen LogP contribution in [0.2, 0.25) is 0 Å². The molecule has 1 amide bonds. The SMILES string of the molecule is Cc1cc(C)c(/C(C(=O)O)=C(\O)C2CCC(OC3CCN(CCOCCOCCOCC(N)=O)CC3)CC2)c(C)c1. The normalized spacial score (nSPS) is 21.0. The molecule has 1 heterocycles. The summed E-state index contributed by atoms with van der Waals surface area (Å²) in [7, 11) is 0. The number of carbonyl (C=O) groups excluding carboxylic acids is 1. The lowest BCUT2D eigenvalue weighted by Gasteiger charge is -2.36. The first-order valence-corrected chi connectivity index (χ1v) is 14.8. The average Bonchev–Trinajstić information content (AvgIpc) is 2.92. The van der Waals surface area contributed by atoms with Crippen LogP contribution in [-0.2, 0) is 28.5 Å². The highest BCUT2D eigenvalue weighted by molar-refractivity contribution is 6.17. The monoisotopic (exact) mass is 576 g/mol. The van der Waals surface area contributed by atoms with E-state index in [1.54, 1.807) is 0 Å². The predicted molar refractivity (Wildman–Crippen MR) is 156 cm³/mol. The number of ether oxygens (including phenoxy) is 4. The summed E-state index contributed by atoms with van der Waals surface area (Å²) >= 11 is 0. The number of piperidine rings is 1. The van der Waals surface area contributed by atoms with Crippen LogP contribution < -0.4 is 5.73 Å². The molecule has 0 spiro atoms. The van der Waals surface area contributed by atoms with Crippen molar-refractivity contribution in [2.45, 2.75) is 71.5 Å². The predicted octanol–water partition coefficient (Wildman–Crippen LogP) is 3.54. The van der Waals surface area contributed by atoms with Crippen molar-refractivity contribution < 1.29 is 38.7 Å². The van der Waals surface area contributed by atoms with Crippen molar-refractivity contribution >= 4 is 17.4 Å². The Morgan fingerprint density at radius 1 is 0.829 bits per heavy atom. The zero-order valence-corrected chi connectivity index (χ0v) is 24.9. The first-order valence-electron chi connectivity index (χ1n) is 14.8. The number of aryl methyl sites for hydroxylation is 3. The molecule has 3 rings (SSSR count). The van der Waals surface area contributed by atoms with Gasteiger partial charge in [0.05, 0.1) is 45.2 Å². The van der Waals surface area contributed by atoms with Crippen LogP contribution in [0.15, 0.2) is 17.9 Å². The molecule has 1 aliphatic carbocycles. The number of amides is 1. The van der Waals surface area contributed by atoms with Crippen LogP contribution in [0, 0.1) is 26.7 Å². The van der Waals surface area contributed by atoms with Crippen molar-refractivity contribution in [3.63, 3.8) is 0 Å². The first-order chi connectivity index (χ1) is 19.7. The molecule has 0 aromatic heterocycles. The van der Waals surface area contributed by atoms with Crippen LogP contribution in [0.25, 0.3) is 5.57 Å². The number of nitrogens with two attached hydrogens (primary N) is 1. The summed E-state index contributed by atoms with van der Waals surface area (Å²) < 4.78 is 22.5. The molecule has 1 saturated carbocycles. The maximum Gasteiger partial charge on any atom is 0.339 e. The van der Waals surface area contributed by atoms with Gasteiger partial charge in [0, 0.05) is 25.6 Å². The molecule has 0 atom stereocenters. The molecular formula is C31H48N2O8. The highest BCUT2D eigenvalue weighted by Gasteiger charge is 2.31. The minimum Gasteiger partial charge on any atom is -0.511 e. The van der Waals surface area contributed by atoms with Crippen molar-refractivity contribution in [3.05, 3.63) is 40.1 Å². The summed E-state index contributed by atoms with van der Waals surface area (Å²) in [6.07, 6.45) is 5.42. The van der Waals surface area contributed by atoms with Gasteiger partial charge in [-0.25, -0.2) is 4.79 Å². The van der Waals surface area contributed by atoms with E-state index in [1.807, 2.05) is 32.9 Å². The lowest BCUT2D eigenvalue weighted by atomic mass is 9.82. The summed E-state index contributed by atoms with van der Waals surface area (Å²) in [5.74, 6) is -1.73. The number of carboxylic acid groups (broad SMARTS) is 1. The lowest BCUT2D eigenvalue weighted by Crippen LogP contribution is -2.40. The van der Waals surface area contributed by atoms with Gasteiger partial charge in [-0.15, -0.1) is 0 Å². The molecule has 10 nitrogen and oxygen atoms in total. The summed E-state index contributed by atoms with van der Waals surface area (Å²) in [5, 5.41) is 21.1. The Labute approximate surface area is 243 Å². The minimum atomic E-state index is -1.08. The van der Waals surface area contributed by atoms with Gasteiger partial charge in [-0.05, 0) is 76.0 Å². The summed E-state index contributed by atoms with van der Waals surface area (Å²) in [6.45, 7) is 10.9. The van der Waals surface area contributed by atoms with Crippen molar-refractivity contribution in [1.82, 2.24) is 4.90 Å². The van der Waals surface area contributed by atoms with Crippen molar-refractivity contribution in [1.29, 1.82) is 0 Å². The van der Waals surface area contributed by atoms with E-state index in [2.05, 4.69) is 4.90 Å². The molecule has 0 unspecified atom stereocenters. The Morgan fingerprint density at radius 2 is 1.37 bits per heavy atom. The first kappa shape index (κ1) is 33.0. The third kappa shape index (κ3) is 10.7. The summed E-state index contributed by atoms with van der Waals surface area (Å²) in [4.78, 5) is 25.2. The number of rotatable bonds is 16. The van der Waals surface area contributed by atoms with E-state index in [0.29, 0.717) is 38.6 Å². The Bertz CT molecular complexity index is 1000. The largest absolute Gasteiger partial charge is 0.511 e. The lowest BCUT2D eigenvalue weighted by molar-refractivity contribution is -0.130. The number of nitrogens with zero attached hydrogens (tertiary/aromatic N) is 1. The van der Waals surface area contributed by atoms with E-state index < -0.39 is 11.9 Å². The van der Waals surface area contributed by atoms with E-state index in [9.17, 15) is 19.8 Å². The second kappa shape index (κ2) is 16.8. The van der Waals surface area contributed by atoms with Gasteiger partial charge >= 0.3 is 5.97 Å². The van der Waals surface area contributed by atoms with Gasteiger partial charge in [-0.2, -0.15) is 0 Å². The molecule has 41 heavy (non-hydrogen) atoms. The molecule has 10 heteroatoms. The van der Waals surface area contributed by atoms with Crippen LogP contribution in [0.5, 0.6) is 0 Å². The molecular weight excluding hydrogens is 528 g/mol. The molecule has 2 fully saturated rings. The van der Waals surface area contributed by atoms with E-state index in [0.717, 1.165) is 74.8 Å². The smallest absolute Gasteiger partial charge is 0.339 e. The fourth-order valence-corrected chi connectivity index (χ4v) is 5.94. The van der Waals surface area contributed by atoms with E-state index in [-0.39, 0.29) is 36.1 Å². The minimum absolute atomic E-state index is 0.00214. The van der Waals surface area contributed by atoms with Crippen molar-refractivity contribution in [3.8, 4) is 0 Å². The van der Waals surface area contributed by atoms with Gasteiger partial charge in [-0.3, -0.25) is 4.79 Å². The Balaban J connectivity index is 1.33.